The summed E-state index contributed by atoms with van der Waals surface area (Å²) in [7, 11) is 1.64. The van der Waals surface area contributed by atoms with Crippen molar-refractivity contribution in [3.63, 3.8) is 0 Å². The third-order valence-corrected chi connectivity index (χ3v) is 4.95. The highest BCUT2D eigenvalue weighted by Gasteiger charge is 2.30. The Hall–Kier alpha value is -2.25. The molecule has 1 aromatic carbocycles. The lowest BCUT2D eigenvalue weighted by Gasteiger charge is -2.32. The summed E-state index contributed by atoms with van der Waals surface area (Å²) < 4.78 is 24.6. The predicted molar refractivity (Wildman–Crippen MR) is 95.6 cm³/mol. The Morgan fingerprint density at radius 1 is 1.35 bits per heavy atom. The summed E-state index contributed by atoms with van der Waals surface area (Å²) in [6, 6.07) is 4.21. The second-order valence-corrected chi connectivity index (χ2v) is 6.52. The molecule has 0 spiro atoms. The number of aromatic nitrogens is 2. The molecule has 7 heteroatoms. The SMILES string of the molecule is CCn1ccnc1[C@H]1OCCC[C@@H]1NCc1cc(OC)c2c(c1)OCO2. The number of nitrogens with one attached hydrogen (secondary N) is 1. The summed E-state index contributed by atoms with van der Waals surface area (Å²) in [5.74, 6) is 3.11. The van der Waals surface area contributed by atoms with Gasteiger partial charge in [0.15, 0.2) is 11.5 Å². The van der Waals surface area contributed by atoms with Gasteiger partial charge in [-0.1, -0.05) is 0 Å². The fourth-order valence-electron chi connectivity index (χ4n) is 3.62. The second-order valence-electron chi connectivity index (χ2n) is 6.52. The van der Waals surface area contributed by atoms with Crippen molar-refractivity contribution in [1.82, 2.24) is 14.9 Å². The van der Waals surface area contributed by atoms with Crippen LogP contribution >= 0.6 is 0 Å². The van der Waals surface area contributed by atoms with E-state index in [1.807, 2.05) is 24.5 Å². The van der Waals surface area contributed by atoms with Gasteiger partial charge in [-0.15, -0.1) is 0 Å². The second kappa shape index (κ2) is 7.55. The van der Waals surface area contributed by atoms with Crippen LogP contribution in [0.1, 0.15) is 37.3 Å². The van der Waals surface area contributed by atoms with Gasteiger partial charge in [0, 0.05) is 38.1 Å². The summed E-state index contributed by atoms with van der Waals surface area (Å²) in [5, 5.41) is 3.64. The van der Waals surface area contributed by atoms with Crippen molar-refractivity contribution in [2.24, 2.45) is 0 Å². The van der Waals surface area contributed by atoms with Gasteiger partial charge in [-0.25, -0.2) is 4.98 Å². The van der Waals surface area contributed by atoms with E-state index in [-0.39, 0.29) is 18.9 Å². The maximum atomic E-state index is 6.07. The Kier molecular flexibility index (Phi) is 4.99. The lowest BCUT2D eigenvalue weighted by atomic mass is 10.0. The molecule has 2 aliphatic rings. The Bertz CT molecular complexity index is 761. The smallest absolute Gasteiger partial charge is 0.231 e. The van der Waals surface area contributed by atoms with Gasteiger partial charge in [0.2, 0.25) is 12.5 Å². The molecule has 4 rings (SSSR count). The summed E-state index contributed by atoms with van der Waals surface area (Å²) in [5.41, 5.74) is 1.09. The summed E-state index contributed by atoms with van der Waals surface area (Å²) in [4.78, 5) is 4.53. The fourth-order valence-corrected chi connectivity index (χ4v) is 3.62. The number of benzene rings is 1. The molecule has 0 saturated carbocycles. The van der Waals surface area contributed by atoms with E-state index in [9.17, 15) is 0 Å². The predicted octanol–water partition coefficient (Wildman–Crippen LogP) is 2.65. The van der Waals surface area contributed by atoms with Crippen molar-refractivity contribution in [2.75, 3.05) is 20.5 Å². The van der Waals surface area contributed by atoms with Gasteiger partial charge < -0.3 is 28.8 Å². The van der Waals surface area contributed by atoms with Gasteiger partial charge in [-0.3, -0.25) is 0 Å². The van der Waals surface area contributed by atoms with Gasteiger partial charge in [0.05, 0.1) is 7.11 Å². The van der Waals surface area contributed by atoms with E-state index in [0.29, 0.717) is 18.0 Å². The van der Waals surface area contributed by atoms with Gasteiger partial charge in [-0.2, -0.15) is 0 Å². The average molecular weight is 359 g/mol. The number of methoxy groups -OCH3 is 1. The number of ether oxygens (including phenoxy) is 4. The zero-order chi connectivity index (χ0) is 17.9. The number of rotatable bonds is 6. The quantitative estimate of drug-likeness (QED) is 0.855. The van der Waals surface area contributed by atoms with Crippen molar-refractivity contribution >= 4 is 0 Å². The molecule has 3 heterocycles. The lowest BCUT2D eigenvalue weighted by molar-refractivity contribution is -0.0182. The minimum atomic E-state index is -0.0328. The van der Waals surface area contributed by atoms with Crippen LogP contribution in [0.4, 0.5) is 0 Å². The van der Waals surface area contributed by atoms with E-state index >= 15 is 0 Å². The average Bonchev–Trinajstić information content (AvgIpc) is 3.34. The van der Waals surface area contributed by atoms with E-state index < -0.39 is 0 Å². The summed E-state index contributed by atoms with van der Waals surface area (Å²) in [6.07, 6.45) is 5.92. The van der Waals surface area contributed by atoms with Crippen LogP contribution in [0, 0.1) is 0 Å². The van der Waals surface area contributed by atoms with E-state index in [4.69, 9.17) is 18.9 Å². The first-order valence-corrected chi connectivity index (χ1v) is 9.12. The monoisotopic (exact) mass is 359 g/mol. The van der Waals surface area contributed by atoms with Gasteiger partial charge in [0.25, 0.3) is 0 Å². The van der Waals surface area contributed by atoms with Crippen molar-refractivity contribution < 1.29 is 18.9 Å². The maximum absolute atomic E-state index is 6.07. The zero-order valence-corrected chi connectivity index (χ0v) is 15.2. The molecule has 0 amide bonds. The van der Waals surface area contributed by atoms with Crippen molar-refractivity contribution in [2.45, 2.75) is 45.0 Å². The van der Waals surface area contributed by atoms with Crippen LogP contribution < -0.4 is 19.5 Å². The highest BCUT2D eigenvalue weighted by Crippen LogP contribution is 2.42. The summed E-state index contributed by atoms with van der Waals surface area (Å²) >= 11 is 0. The van der Waals surface area contributed by atoms with Crippen LogP contribution in [0.15, 0.2) is 24.5 Å². The molecule has 1 N–H and O–H groups in total. The fraction of sp³-hybridized carbons (Fsp3) is 0.526. The highest BCUT2D eigenvalue weighted by atomic mass is 16.7. The van der Waals surface area contributed by atoms with Crippen LogP contribution in [0.2, 0.25) is 0 Å². The molecule has 0 radical (unpaired) electrons. The third-order valence-electron chi connectivity index (χ3n) is 4.95. The first-order valence-electron chi connectivity index (χ1n) is 9.12. The van der Waals surface area contributed by atoms with Crippen molar-refractivity contribution in [3.05, 3.63) is 35.9 Å². The number of aryl methyl sites for hydroxylation is 1. The molecule has 1 aromatic heterocycles. The molecule has 0 bridgehead atoms. The van der Waals surface area contributed by atoms with Crippen LogP contribution in [-0.4, -0.2) is 36.1 Å². The molecule has 1 fully saturated rings. The normalized spacial score (nSPS) is 21.8. The number of fused-ring (bicyclic) bond motifs is 1. The van der Waals surface area contributed by atoms with E-state index in [2.05, 4.69) is 21.8 Å². The van der Waals surface area contributed by atoms with Crippen LogP contribution in [0.3, 0.4) is 0 Å². The first kappa shape index (κ1) is 17.2. The molecule has 2 atom stereocenters. The Morgan fingerprint density at radius 3 is 3.12 bits per heavy atom. The lowest BCUT2D eigenvalue weighted by Crippen LogP contribution is -2.40. The van der Waals surface area contributed by atoms with Crippen molar-refractivity contribution in [1.29, 1.82) is 0 Å². The minimum absolute atomic E-state index is 0.0328. The standard InChI is InChI=1S/C19H25N3O4/c1-3-22-7-6-20-19(22)17-14(5-4-8-24-17)21-11-13-9-15(23-2)18-16(10-13)25-12-26-18/h6-7,9-10,14,17,21H,3-5,8,11-12H2,1-2H3/t14-,17-/m0/s1. The molecule has 1 saturated heterocycles. The molecule has 7 nitrogen and oxygen atoms in total. The molecule has 0 unspecified atom stereocenters. The van der Waals surface area contributed by atoms with Crippen LogP contribution in [0.5, 0.6) is 17.2 Å². The number of imidazole rings is 1. The first-order chi connectivity index (χ1) is 12.8. The van der Waals surface area contributed by atoms with Crippen LogP contribution in [-0.2, 0) is 17.8 Å². The molecular formula is C19H25N3O4. The van der Waals surface area contributed by atoms with E-state index in [1.165, 1.54) is 0 Å². The van der Waals surface area contributed by atoms with Crippen molar-refractivity contribution in [3.8, 4) is 17.2 Å². The van der Waals surface area contributed by atoms with Crippen LogP contribution in [0.25, 0.3) is 0 Å². The number of hydrogen-bond donors (Lipinski definition) is 1. The molecule has 2 aliphatic heterocycles. The molecule has 2 aromatic rings. The summed E-state index contributed by atoms with van der Waals surface area (Å²) in [6.45, 7) is 4.72. The zero-order valence-electron chi connectivity index (χ0n) is 15.2. The maximum Gasteiger partial charge on any atom is 0.231 e. The Morgan fingerprint density at radius 2 is 2.27 bits per heavy atom. The molecule has 0 aliphatic carbocycles. The Labute approximate surface area is 153 Å². The molecule has 140 valence electrons. The third kappa shape index (κ3) is 3.24. The number of hydrogen-bond acceptors (Lipinski definition) is 6. The van der Waals surface area contributed by atoms with Gasteiger partial charge in [-0.05, 0) is 37.5 Å². The highest BCUT2D eigenvalue weighted by molar-refractivity contribution is 5.55. The largest absolute Gasteiger partial charge is 0.493 e. The van der Waals surface area contributed by atoms with Gasteiger partial charge >= 0.3 is 0 Å². The van der Waals surface area contributed by atoms with E-state index in [1.54, 1.807) is 7.11 Å². The minimum Gasteiger partial charge on any atom is -0.493 e. The van der Waals surface area contributed by atoms with E-state index in [0.717, 1.165) is 43.1 Å². The Balaban J connectivity index is 1.49. The molecule has 26 heavy (non-hydrogen) atoms. The van der Waals surface area contributed by atoms with Gasteiger partial charge in [0.1, 0.15) is 11.9 Å². The topological polar surface area (TPSA) is 66.8 Å². The molecular weight excluding hydrogens is 334 g/mol. The number of nitrogens with zero attached hydrogens (tertiary/aromatic N) is 2.